The highest BCUT2D eigenvalue weighted by Crippen LogP contribution is 2.27. The van der Waals surface area contributed by atoms with Crippen LogP contribution in [0.3, 0.4) is 0 Å². The van der Waals surface area contributed by atoms with Crippen molar-refractivity contribution in [3.05, 3.63) is 69.2 Å². The zero-order chi connectivity index (χ0) is 14.0. The lowest BCUT2D eigenvalue weighted by atomic mass is 9.99. The van der Waals surface area contributed by atoms with E-state index in [2.05, 4.69) is 0 Å². The molecule has 1 unspecified atom stereocenters. The van der Waals surface area contributed by atoms with Crippen LogP contribution < -0.4 is 5.73 Å². The molecule has 1 atom stereocenters. The summed E-state index contributed by atoms with van der Waals surface area (Å²) in [6.07, 6.45) is 0.392. The van der Waals surface area contributed by atoms with Gasteiger partial charge in [0.25, 0.3) is 0 Å². The molecular formula is C14H11Cl2F2N. The summed E-state index contributed by atoms with van der Waals surface area (Å²) in [6.45, 7) is 0. The predicted molar refractivity (Wildman–Crippen MR) is 73.5 cm³/mol. The molecule has 2 aromatic carbocycles. The molecule has 0 saturated carbocycles. The average molecular weight is 302 g/mol. The third kappa shape index (κ3) is 3.24. The van der Waals surface area contributed by atoms with Gasteiger partial charge in [-0.2, -0.15) is 0 Å². The lowest BCUT2D eigenvalue weighted by Gasteiger charge is -2.14. The summed E-state index contributed by atoms with van der Waals surface area (Å²) in [7, 11) is 0. The van der Waals surface area contributed by atoms with Crippen LogP contribution in [0.5, 0.6) is 0 Å². The van der Waals surface area contributed by atoms with Crippen LogP contribution in [0.25, 0.3) is 0 Å². The van der Waals surface area contributed by atoms with E-state index in [1.165, 1.54) is 18.2 Å². The quantitative estimate of drug-likeness (QED) is 0.886. The first-order chi connectivity index (χ1) is 8.99. The first-order valence-electron chi connectivity index (χ1n) is 5.62. The van der Waals surface area contributed by atoms with Gasteiger partial charge in [0, 0.05) is 6.04 Å². The van der Waals surface area contributed by atoms with Gasteiger partial charge in [0.1, 0.15) is 11.6 Å². The molecule has 19 heavy (non-hydrogen) atoms. The second-order valence-corrected chi connectivity index (χ2v) is 4.99. The van der Waals surface area contributed by atoms with Gasteiger partial charge in [-0.3, -0.25) is 0 Å². The SMILES string of the molecule is NC(Cc1ccc(F)c(Cl)c1)c1cccc(F)c1Cl. The Bertz CT molecular complexity index is 602. The second kappa shape index (κ2) is 5.87. The molecule has 2 rings (SSSR count). The average Bonchev–Trinajstić information content (AvgIpc) is 2.37. The molecule has 0 aliphatic carbocycles. The van der Waals surface area contributed by atoms with Gasteiger partial charge in [-0.05, 0) is 35.7 Å². The van der Waals surface area contributed by atoms with E-state index in [4.69, 9.17) is 28.9 Å². The van der Waals surface area contributed by atoms with Crippen LogP contribution in [0, 0.1) is 11.6 Å². The fraction of sp³-hybridized carbons (Fsp3) is 0.143. The van der Waals surface area contributed by atoms with Crippen molar-refractivity contribution in [1.29, 1.82) is 0 Å². The monoisotopic (exact) mass is 301 g/mol. The molecule has 0 amide bonds. The van der Waals surface area contributed by atoms with Crippen molar-refractivity contribution in [2.24, 2.45) is 5.73 Å². The minimum Gasteiger partial charge on any atom is -0.324 e. The largest absolute Gasteiger partial charge is 0.324 e. The maximum Gasteiger partial charge on any atom is 0.142 e. The fourth-order valence-electron chi connectivity index (χ4n) is 1.84. The molecule has 2 N–H and O–H groups in total. The Morgan fingerprint density at radius 1 is 1.05 bits per heavy atom. The molecule has 0 aliphatic heterocycles. The zero-order valence-electron chi connectivity index (χ0n) is 9.84. The van der Waals surface area contributed by atoms with Crippen molar-refractivity contribution in [2.45, 2.75) is 12.5 Å². The predicted octanol–water partition coefficient (Wildman–Crippen LogP) is 4.51. The number of nitrogens with two attached hydrogens (primary N) is 1. The van der Waals surface area contributed by atoms with Gasteiger partial charge >= 0.3 is 0 Å². The standard InChI is InChI=1S/C14H11Cl2F2N/c15-10-6-8(4-5-11(10)17)7-13(19)9-2-1-3-12(18)14(9)16/h1-6,13H,7,19H2. The van der Waals surface area contributed by atoms with Crippen LogP contribution in [-0.2, 0) is 6.42 Å². The van der Waals surface area contributed by atoms with Gasteiger partial charge in [0.2, 0.25) is 0 Å². The van der Waals surface area contributed by atoms with Crippen molar-refractivity contribution < 1.29 is 8.78 Å². The summed E-state index contributed by atoms with van der Waals surface area (Å²) in [5.74, 6) is -0.991. The van der Waals surface area contributed by atoms with E-state index < -0.39 is 17.7 Å². The Labute approximate surface area is 119 Å². The van der Waals surface area contributed by atoms with Crippen molar-refractivity contribution >= 4 is 23.2 Å². The molecule has 0 aliphatic rings. The topological polar surface area (TPSA) is 26.0 Å². The highest BCUT2D eigenvalue weighted by molar-refractivity contribution is 6.31. The number of rotatable bonds is 3. The first kappa shape index (κ1) is 14.3. The van der Waals surface area contributed by atoms with E-state index in [1.807, 2.05) is 0 Å². The third-order valence-electron chi connectivity index (χ3n) is 2.82. The number of hydrogen-bond donors (Lipinski definition) is 1. The normalized spacial score (nSPS) is 12.5. The summed E-state index contributed by atoms with van der Waals surface area (Å²) < 4.78 is 26.4. The molecule has 0 spiro atoms. The fourth-order valence-corrected chi connectivity index (χ4v) is 2.31. The number of benzene rings is 2. The maximum atomic E-state index is 13.3. The summed E-state index contributed by atoms with van der Waals surface area (Å²) in [6, 6.07) is 8.38. The number of hydrogen-bond acceptors (Lipinski definition) is 1. The smallest absolute Gasteiger partial charge is 0.142 e. The zero-order valence-corrected chi connectivity index (χ0v) is 11.3. The molecule has 0 fully saturated rings. The van der Waals surface area contributed by atoms with Crippen molar-refractivity contribution in [1.82, 2.24) is 0 Å². The van der Waals surface area contributed by atoms with Crippen LogP contribution in [0.4, 0.5) is 8.78 Å². The van der Waals surface area contributed by atoms with E-state index in [0.717, 1.165) is 5.56 Å². The van der Waals surface area contributed by atoms with Crippen LogP contribution >= 0.6 is 23.2 Å². The highest BCUT2D eigenvalue weighted by atomic mass is 35.5. The Kier molecular flexibility index (Phi) is 4.40. The Balaban J connectivity index is 2.23. The van der Waals surface area contributed by atoms with Crippen LogP contribution in [0.1, 0.15) is 17.2 Å². The molecule has 0 bridgehead atoms. The molecule has 1 nitrogen and oxygen atoms in total. The second-order valence-electron chi connectivity index (χ2n) is 4.20. The van der Waals surface area contributed by atoms with Crippen molar-refractivity contribution in [2.75, 3.05) is 0 Å². The number of halogens is 4. The minimum absolute atomic E-state index is 0.0169. The van der Waals surface area contributed by atoms with Crippen molar-refractivity contribution in [3.63, 3.8) is 0 Å². The first-order valence-corrected chi connectivity index (χ1v) is 6.38. The van der Waals surface area contributed by atoms with Crippen LogP contribution in [-0.4, -0.2) is 0 Å². The van der Waals surface area contributed by atoms with E-state index in [9.17, 15) is 8.78 Å². The molecule has 0 saturated heterocycles. The lowest BCUT2D eigenvalue weighted by molar-refractivity contribution is 0.618. The van der Waals surface area contributed by atoms with Gasteiger partial charge in [-0.25, -0.2) is 8.78 Å². The van der Waals surface area contributed by atoms with Gasteiger partial charge in [0.15, 0.2) is 0 Å². The summed E-state index contributed by atoms with van der Waals surface area (Å²) in [5.41, 5.74) is 7.28. The van der Waals surface area contributed by atoms with Gasteiger partial charge < -0.3 is 5.73 Å². The highest BCUT2D eigenvalue weighted by Gasteiger charge is 2.14. The molecule has 0 heterocycles. The molecule has 0 radical (unpaired) electrons. The third-order valence-corrected chi connectivity index (χ3v) is 3.51. The molecular weight excluding hydrogens is 291 g/mol. The summed E-state index contributed by atoms with van der Waals surface area (Å²) >= 11 is 11.6. The molecule has 100 valence electrons. The van der Waals surface area contributed by atoms with Gasteiger partial charge in [-0.15, -0.1) is 0 Å². The van der Waals surface area contributed by atoms with Gasteiger partial charge in [0.05, 0.1) is 10.0 Å². The Hall–Kier alpha value is -1.16. The summed E-state index contributed by atoms with van der Waals surface area (Å²) in [5, 5.41) is 0.0539. The Morgan fingerprint density at radius 2 is 1.79 bits per heavy atom. The molecule has 2 aromatic rings. The van der Waals surface area contributed by atoms with E-state index in [1.54, 1.807) is 18.2 Å². The Morgan fingerprint density at radius 3 is 2.47 bits per heavy atom. The molecule has 0 aromatic heterocycles. The maximum absolute atomic E-state index is 13.3. The lowest BCUT2D eigenvalue weighted by Crippen LogP contribution is -2.14. The molecule has 5 heteroatoms. The van der Waals surface area contributed by atoms with E-state index in [-0.39, 0.29) is 10.0 Å². The van der Waals surface area contributed by atoms with Crippen molar-refractivity contribution in [3.8, 4) is 0 Å². The van der Waals surface area contributed by atoms with Gasteiger partial charge in [-0.1, -0.05) is 41.4 Å². The van der Waals surface area contributed by atoms with E-state index >= 15 is 0 Å². The minimum atomic E-state index is -0.508. The van der Waals surface area contributed by atoms with Crippen LogP contribution in [0.2, 0.25) is 10.0 Å². The summed E-state index contributed by atoms with van der Waals surface area (Å²) in [4.78, 5) is 0. The van der Waals surface area contributed by atoms with E-state index in [0.29, 0.717) is 12.0 Å². The van der Waals surface area contributed by atoms with Crippen LogP contribution in [0.15, 0.2) is 36.4 Å².